The molecular formula is C20H23N3O2S. The predicted octanol–water partition coefficient (Wildman–Crippen LogP) is 4.15. The first-order valence-electron chi connectivity index (χ1n) is 8.96. The van der Waals surface area contributed by atoms with E-state index in [-0.39, 0.29) is 6.10 Å². The number of nitrogens with zero attached hydrogens (tertiary/aromatic N) is 1. The number of aromatic nitrogens is 2. The number of hydrogen-bond acceptors (Lipinski definition) is 5. The summed E-state index contributed by atoms with van der Waals surface area (Å²) >= 11 is 1.71. The zero-order valence-corrected chi connectivity index (χ0v) is 15.9. The molecule has 1 aliphatic rings. The van der Waals surface area contributed by atoms with E-state index in [1.54, 1.807) is 11.3 Å². The van der Waals surface area contributed by atoms with Crippen LogP contribution in [0.15, 0.2) is 35.8 Å². The molecule has 0 aliphatic carbocycles. The summed E-state index contributed by atoms with van der Waals surface area (Å²) in [5.74, 6) is 1.93. The topological polar surface area (TPSA) is 59.2 Å². The number of ether oxygens (including phenoxy) is 2. The molecule has 0 bridgehead atoms. The van der Waals surface area contributed by atoms with Gasteiger partial charge in [-0.15, -0.1) is 11.3 Å². The molecule has 136 valence electrons. The van der Waals surface area contributed by atoms with E-state index in [9.17, 15) is 0 Å². The average molecular weight is 369 g/mol. The average Bonchev–Trinajstić information content (AvgIpc) is 3.34. The van der Waals surface area contributed by atoms with Crippen molar-refractivity contribution in [3.8, 4) is 22.1 Å². The van der Waals surface area contributed by atoms with Gasteiger partial charge in [-0.1, -0.05) is 6.07 Å². The van der Waals surface area contributed by atoms with Gasteiger partial charge < -0.3 is 14.8 Å². The second-order valence-electron chi connectivity index (χ2n) is 6.48. The van der Waals surface area contributed by atoms with Gasteiger partial charge in [-0.2, -0.15) is 5.10 Å². The highest BCUT2D eigenvalue weighted by Crippen LogP contribution is 2.35. The zero-order chi connectivity index (χ0) is 17.9. The number of nitrogens with one attached hydrogen (secondary N) is 2. The molecular weight excluding hydrogens is 346 g/mol. The Labute approximate surface area is 157 Å². The van der Waals surface area contributed by atoms with Gasteiger partial charge in [-0.3, -0.25) is 5.10 Å². The van der Waals surface area contributed by atoms with E-state index in [0.29, 0.717) is 6.61 Å². The van der Waals surface area contributed by atoms with Gasteiger partial charge in [0.15, 0.2) is 0 Å². The summed E-state index contributed by atoms with van der Waals surface area (Å²) in [7, 11) is 0. The molecule has 0 radical (unpaired) electrons. The molecule has 0 spiro atoms. The largest absolute Gasteiger partial charge is 0.494 e. The van der Waals surface area contributed by atoms with Crippen molar-refractivity contribution in [1.82, 2.24) is 15.5 Å². The van der Waals surface area contributed by atoms with Crippen LogP contribution < -0.4 is 14.8 Å². The standard InChI is InChI=1S/C20H23N3O2S/c1-3-24-17-8-14-7-13(2)25-18(14)9-15(17)10-21-11-16-12-22-23-20(16)19-5-4-6-26-19/h4-6,8-9,12-13,21H,3,7,10-11H2,1-2H3,(H,22,23). The van der Waals surface area contributed by atoms with Crippen molar-refractivity contribution >= 4 is 11.3 Å². The molecule has 6 heteroatoms. The van der Waals surface area contributed by atoms with E-state index in [0.717, 1.165) is 47.8 Å². The Bertz CT molecular complexity index is 873. The van der Waals surface area contributed by atoms with Gasteiger partial charge in [-0.25, -0.2) is 0 Å². The first-order valence-corrected chi connectivity index (χ1v) is 9.84. The van der Waals surface area contributed by atoms with Gasteiger partial charge in [0.05, 0.1) is 23.4 Å². The van der Waals surface area contributed by atoms with Gasteiger partial charge in [0.25, 0.3) is 0 Å². The van der Waals surface area contributed by atoms with Crippen molar-refractivity contribution in [1.29, 1.82) is 0 Å². The Morgan fingerprint density at radius 1 is 1.35 bits per heavy atom. The van der Waals surface area contributed by atoms with Gasteiger partial charge in [0.1, 0.15) is 17.6 Å². The molecule has 0 saturated carbocycles. The highest BCUT2D eigenvalue weighted by Gasteiger charge is 2.21. The Kier molecular flexibility index (Phi) is 4.95. The second kappa shape index (κ2) is 7.51. The van der Waals surface area contributed by atoms with E-state index in [1.807, 2.05) is 13.1 Å². The summed E-state index contributed by atoms with van der Waals surface area (Å²) in [4.78, 5) is 1.20. The minimum Gasteiger partial charge on any atom is -0.494 e. The van der Waals surface area contributed by atoms with Crippen molar-refractivity contribution in [2.75, 3.05) is 6.61 Å². The van der Waals surface area contributed by atoms with E-state index in [1.165, 1.54) is 10.4 Å². The SMILES string of the molecule is CCOc1cc2c(cc1CNCc1cn[nH]c1-c1cccs1)OC(C)C2. The van der Waals surface area contributed by atoms with E-state index in [4.69, 9.17) is 9.47 Å². The summed E-state index contributed by atoms with van der Waals surface area (Å²) in [6.07, 6.45) is 3.07. The summed E-state index contributed by atoms with van der Waals surface area (Å²) in [5, 5.41) is 12.9. The summed E-state index contributed by atoms with van der Waals surface area (Å²) in [6, 6.07) is 8.41. The molecule has 3 heterocycles. The third kappa shape index (κ3) is 3.48. The van der Waals surface area contributed by atoms with Crippen LogP contribution in [0.3, 0.4) is 0 Å². The maximum Gasteiger partial charge on any atom is 0.124 e. The molecule has 4 rings (SSSR count). The fourth-order valence-electron chi connectivity index (χ4n) is 3.32. The first-order chi connectivity index (χ1) is 12.7. The number of benzene rings is 1. The number of hydrogen-bond donors (Lipinski definition) is 2. The van der Waals surface area contributed by atoms with Crippen LogP contribution in [0, 0.1) is 0 Å². The molecule has 5 nitrogen and oxygen atoms in total. The van der Waals surface area contributed by atoms with Crippen LogP contribution in [0.2, 0.25) is 0 Å². The smallest absolute Gasteiger partial charge is 0.124 e. The molecule has 2 N–H and O–H groups in total. The van der Waals surface area contributed by atoms with Gasteiger partial charge in [0.2, 0.25) is 0 Å². The fraction of sp³-hybridized carbons (Fsp3) is 0.350. The Morgan fingerprint density at radius 3 is 3.04 bits per heavy atom. The summed E-state index contributed by atoms with van der Waals surface area (Å²) in [6.45, 7) is 6.23. The molecule has 26 heavy (non-hydrogen) atoms. The monoisotopic (exact) mass is 369 g/mol. The van der Waals surface area contributed by atoms with Crippen LogP contribution in [0.1, 0.15) is 30.5 Å². The quantitative estimate of drug-likeness (QED) is 0.657. The Hall–Kier alpha value is -2.31. The van der Waals surface area contributed by atoms with Crippen LogP contribution in [0.5, 0.6) is 11.5 Å². The van der Waals surface area contributed by atoms with Crippen molar-refractivity contribution < 1.29 is 9.47 Å². The van der Waals surface area contributed by atoms with Gasteiger partial charge in [0, 0.05) is 36.2 Å². The lowest BCUT2D eigenvalue weighted by molar-refractivity contribution is 0.254. The van der Waals surface area contributed by atoms with E-state index >= 15 is 0 Å². The van der Waals surface area contributed by atoms with E-state index < -0.39 is 0 Å². The molecule has 2 aromatic heterocycles. The van der Waals surface area contributed by atoms with Crippen LogP contribution in [0.25, 0.3) is 10.6 Å². The maximum absolute atomic E-state index is 5.90. The third-order valence-corrected chi connectivity index (χ3v) is 5.38. The van der Waals surface area contributed by atoms with Crippen LogP contribution in [-0.4, -0.2) is 22.9 Å². The predicted molar refractivity (Wildman–Crippen MR) is 104 cm³/mol. The number of H-pyrrole nitrogens is 1. The molecule has 1 atom stereocenters. The van der Waals surface area contributed by atoms with Crippen LogP contribution >= 0.6 is 11.3 Å². The van der Waals surface area contributed by atoms with Crippen LogP contribution in [-0.2, 0) is 19.5 Å². The van der Waals surface area contributed by atoms with E-state index in [2.05, 4.69) is 52.1 Å². The lowest BCUT2D eigenvalue weighted by atomic mass is 10.1. The lowest BCUT2D eigenvalue weighted by Crippen LogP contribution is -2.14. The molecule has 0 saturated heterocycles. The molecule has 1 aromatic carbocycles. The second-order valence-corrected chi connectivity index (χ2v) is 7.43. The zero-order valence-electron chi connectivity index (χ0n) is 15.0. The van der Waals surface area contributed by atoms with Crippen molar-refractivity contribution in [2.24, 2.45) is 0 Å². The number of fused-ring (bicyclic) bond motifs is 1. The molecule has 0 fully saturated rings. The third-order valence-electron chi connectivity index (χ3n) is 4.50. The molecule has 3 aromatic rings. The summed E-state index contributed by atoms with van der Waals surface area (Å²) in [5.41, 5.74) is 4.61. The van der Waals surface area contributed by atoms with Crippen molar-refractivity contribution in [3.05, 3.63) is 52.5 Å². The van der Waals surface area contributed by atoms with Crippen molar-refractivity contribution in [3.63, 3.8) is 0 Å². The highest BCUT2D eigenvalue weighted by molar-refractivity contribution is 7.13. The molecule has 1 aliphatic heterocycles. The Morgan fingerprint density at radius 2 is 2.23 bits per heavy atom. The van der Waals surface area contributed by atoms with Gasteiger partial charge in [-0.05, 0) is 37.4 Å². The molecule has 1 unspecified atom stereocenters. The number of rotatable bonds is 7. The lowest BCUT2D eigenvalue weighted by Gasteiger charge is -2.13. The number of thiophene rings is 1. The minimum absolute atomic E-state index is 0.238. The highest BCUT2D eigenvalue weighted by atomic mass is 32.1. The minimum atomic E-state index is 0.238. The first kappa shape index (κ1) is 17.1. The molecule has 0 amide bonds. The normalized spacial score (nSPS) is 15.7. The van der Waals surface area contributed by atoms with Gasteiger partial charge >= 0.3 is 0 Å². The Balaban J connectivity index is 1.47. The fourth-order valence-corrected chi connectivity index (χ4v) is 4.08. The van der Waals surface area contributed by atoms with Crippen molar-refractivity contribution in [2.45, 2.75) is 39.5 Å². The number of aromatic amines is 1. The summed E-state index contributed by atoms with van der Waals surface area (Å²) < 4.78 is 11.8. The maximum atomic E-state index is 5.90. The van der Waals surface area contributed by atoms with Crippen LogP contribution in [0.4, 0.5) is 0 Å².